The van der Waals surface area contributed by atoms with Crippen molar-refractivity contribution >= 4 is 11.8 Å². The molecule has 0 aromatic heterocycles. The van der Waals surface area contributed by atoms with Crippen LogP contribution in [0.2, 0.25) is 0 Å². The van der Waals surface area contributed by atoms with Crippen molar-refractivity contribution in [2.75, 3.05) is 13.2 Å². The van der Waals surface area contributed by atoms with Gasteiger partial charge in [-0.3, -0.25) is 9.59 Å². The Morgan fingerprint density at radius 1 is 0.411 bits per heavy atom. The maximum Gasteiger partial charge on any atom is 0.217 e. The molecular weight excluding hydrogens is 921 g/mol. The van der Waals surface area contributed by atoms with E-state index in [9.17, 15) is 9.59 Å². The average molecular weight is 989 g/mol. The third kappa shape index (κ3) is 16.3. The second-order valence-corrected chi connectivity index (χ2v) is 18.5. The number of nitrogens with one attached hydrogen (secondary N) is 2. The number of amides is 2. The Balaban J connectivity index is 1.10. The fourth-order valence-electron chi connectivity index (χ4n) is 9.37. The Labute approximate surface area is 429 Å². The topological polar surface area (TPSA) is 132 Å². The summed E-state index contributed by atoms with van der Waals surface area (Å²) in [5, 5.41) is 6.39. The van der Waals surface area contributed by atoms with Crippen LogP contribution in [-0.2, 0) is 87.1 Å². The van der Waals surface area contributed by atoms with Gasteiger partial charge in [0.05, 0.1) is 77.1 Å². The van der Waals surface area contributed by atoms with Crippen molar-refractivity contribution in [3.05, 3.63) is 228 Å². The Kier molecular flexibility index (Phi) is 20.5. The van der Waals surface area contributed by atoms with Crippen LogP contribution < -0.4 is 10.6 Å². The first kappa shape index (κ1) is 53.0. The lowest BCUT2D eigenvalue weighted by atomic mass is 9.89. The summed E-state index contributed by atoms with van der Waals surface area (Å²) in [4.78, 5) is 26.4. The van der Waals surface area contributed by atoms with Crippen LogP contribution in [0.1, 0.15) is 53.6 Å². The van der Waals surface area contributed by atoms with E-state index in [1.165, 1.54) is 13.8 Å². The molecule has 2 heterocycles. The first-order valence-corrected chi connectivity index (χ1v) is 25.2. The highest BCUT2D eigenvalue weighted by Crippen LogP contribution is 2.33. The van der Waals surface area contributed by atoms with Gasteiger partial charge in [-0.2, -0.15) is 0 Å². The third-order valence-electron chi connectivity index (χ3n) is 12.9. The number of benzene rings is 6. The fourth-order valence-corrected chi connectivity index (χ4v) is 9.37. The molecule has 6 aromatic carbocycles. The van der Waals surface area contributed by atoms with Crippen LogP contribution in [0, 0.1) is 0 Å². The molecule has 382 valence electrons. The largest absolute Gasteiger partial charge is 0.374 e. The summed E-state index contributed by atoms with van der Waals surface area (Å²) in [6, 6.07) is 58.4. The highest BCUT2D eigenvalue weighted by atomic mass is 16.6. The van der Waals surface area contributed by atoms with E-state index in [1.807, 2.05) is 194 Å². The summed E-state index contributed by atoms with van der Waals surface area (Å²) in [5.41, 5.74) is 5.96. The molecule has 12 nitrogen and oxygen atoms in total. The summed E-state index contributed by atoms with van der Waals surface area (Å²) >= 11 is 0. The molecule has 0 aliphatic carbocycles. The quantitative estimate of drug-likeness (QED) is 0.0536. The molecule has 12 heteroatoms. The Hall–Kier alpha value is -6.32. The van der Waals surface area contributed by atoms with Gasteiger partial charge in [-0.05, 0) is 39.8 Å². The maximum atomic E-state index is 13.2. The average Bonchev–Trinajstić information content (AvgIpc) is 3.42. The van der Waals surface area contributed by atoms with E-state index in [2.05, 4.69) is 10.6 Å². The van der Waals surface area contributed by atoms with Gasteiger partial charge in [-0.25, -0.2) is 0 Å². The minimum absolute atomic E-state index is 0.183. The smallest absolute Gasteiger partial charge is 0.217 e. The number of carbonyl (C=O) groups excluding carboxylic acids is 2. The lowest BCUT2D eigenvalue weighted by molar-refractivity contribution is -0.232. The molecule has 2 amide bonds. The van der Waals surface area contributed by atoms with Crippen molar-refractivity contribution in [2.45, 2.75) is 121 Å². The van der Waals surface area contributed by atoms with E-state index in [1.54, 1.807) is 0 Å². The number of carbonyl (C=O) groups is 2. The maximum absolute atomic E-state index is 13.2. The van der Waals surface area contributed by atoms with Gasteiger partial charge >= 0.3 is 0 Å². The Morgan fingerprint density at radius 3 is 1.10 bits per heavy atom. The molecule has 2 N–H and O–H groups in total. The minimum atomic E-state index is -0.702. The molecule has 2 saturated heterocycles. The molecule has 0 spiro atoms. The zero-order chi connectivity index (χ0) is 50.5. The summed E-state index contributed by atoms with van der Waals surface area (Å²) in [6.07, 6.45) is -0.901. The Bertz CT molecular complexity index is 2540. The van der Waals surface area contributed by atoms with E-state index < -0.39 is 60.9 Å². The van der Waals surface area contributed by atoms with E-state index in [-0.39, 0.29) is 51.5 Å². The van der Waals surface area contributed by atoms with Crippen LogP contribution in [0.15, 0.2) is 194 Å². The van der Waals surface area contributed by atoms with Crippen molar-refractivity contribution in [2.24, 2.45) is 0 Å². The highest BCUT2D eigenvalue weighted by Gasteiger charge is 2.49. The number of hydrogen-bond acceptors (Lipinski definition) is 10. The lowest BCUT2D eigenvalue weighted by Crippen LogP contribution is -2.65. The molecule has 0 unspecified atom stereocenters. The van der Waals surface area contributed by atoms with Gasteiger partial charge < -0.3 is 48.5 Å². The third-order valence-corrected chi connectivity index (χ3v) is 12.9. The van der Waals surface area contributed by atoms with Gasteiger partial charge in [-0.1, -0.05) is 194 Å². The molecule has 10 atom stereocenters. The van der Waals surface area contributed by atoms with Crippen LogP contribution in [0.3, 0.4) is 0 Å². The van der Waals surface area contributed by atoms with Crippen LogP contribution in [0.4, 0.5) is 0 Å². The van der Waals surface area contributed by atoms with Gasteiger partial charge in [-0.15, -0.1) is 0 Å². The predicted molar refractivity (Wildman–Crippen MR) is 279 cm³/mol. The van der Waals surface area contributed by atoms with Gasteiger partial charge in [0, 0.05) is 13.8 Å². The van der Waals surface area contributed by atoms with Crippen molar-refractivity contribution in [1.29, 1.82) is 0 Å². The molecule has 0 bridgehead atoms. The van der Waals surface area contributed by atoms with Crippen molar-refractivity contribution in [3.63, 3.8) is 0 Å². The van der Waals surface area contributed by atoms with Crippen LogP contribution in [0.5, 0.6) is 0 Å². The van der Waals surface area contributed by atoms with Crippen LogP contribution in [0.25, 0.3) is 0 Å². The zero-order valence-electron chi connectivity index (χ0n) is 41.7. The van der Waals surface area contributed by atoms with E-state index in [0.29, 0.717) is 19.6 Å². The number of rotatable bonds is 25. The van der Waals surface area contributed by atoms with E-state index in [0.717, 1.165) is 33.4 Å². The summed E-state index contributed by atoms with van der Waals surface area (Å²) in [5.74, 6) is -0.489. The summed E-state index contributed by atoms with van der Waals surface area (Å²) in [7, 11) is 0. The monoisotopic (exact) mass is 988 g/mol. The molecule has 2 fully saturated rings. The van der Waals surface area contributed by atoms with Crippen LogP contribution in [-0.4, -0.2) is 85.9 Å². The normalized spacial score (nSPS) is 24.0. The molecule has 8 rings (SSSR count). The standard InChI is InChI=1S/C61H68N2O10/c1-44(64)62-56-52(72-54(42-66-36-46-22-9-3-10-23-46)58(68-38-48-26-13-5-14-27-48)60(56)70-40-50-30-17-7-18-31-50)34-21-35-53-57(63-45(2)65)61(71-41-51-32-19-8-20-33-51)59(69-39-49-28-15-6-16-29-49)55(73-53)43-67-37-47-24-11-4-12-25-47/h3-34,52-61H,35-43H2,1-2H3,(H,62,64)(H,63,65)/b34-21+/t52-,53-,54-,55-,56+,57+,58-,59-,60-,61-/m1/s1. The SMILES string of the molecule is CC(=O)N[C@@H]1[C@@H](OCc2ccccc2)[C@H](OCc2ccccc2)[C@@H](COCc2ccccc2)O[C@@H]1/C=C/C[C@H]1O[C@H](COCc2ccccc2)[C@@H](OCc2ccccc2)[C@H](OCc2ccccc2)[C@H]1NC(C)=O. The zero-order valence-corrected chi connectivity index (χ0v) is 41.7. The Morgan fingerprint density at radius 2 is 0.726 bits per heavy atom. The molecular formula is C61H68N2O10. The molecule has 0 radical (unpaired) electrons. The second kappa shape index (κ2) is 28.2. The van der Waals surface area contributed by atoms with Gasteiger partial charge in [0.2, 0.25) is 11.8 Å². The van der Waals surface area contributed by atoms with Crippen molar-refractivity contribution < 1.29 is 47.5 Å². The predicted octanol–water partition coefficient (Wildman–Crippen LogP) is 9.25. The molecule has 6 aromatic rings. The first-order valence-electron chi connectivity index (χ1n) is 25.2. The molecule has 73 heavy (non-hydrogen) atoms. The van der Waals surface area contributed by atoms with E-state index >= 15 is 0 Å². The summed E-state index contributed by atoms with van der Waals surface area (Å²) < 4.78 is 54.2. The highest BCUT2D eigenvalue weighted by molar-refractivity contribution is 5.74. The number of hydrogen-bond donors (Lipinski definition) is 2. The summed E-state index contributed by atoms with van der Waals surface area (Å²) in [6.45, 7) is 5.20. The number of ether oxygens (including phenoxy) is 8. The molecule has 2 aliphatic heterocycles. The fraction of sp³-hybridized carbons (Fsp3) is 0.344. The first-order chi connectivity index (χ1) is 35.9. The van der Waals surface area contributed by atoms with Crippen LogP contribution >= 0.6 is 0 Å². The van der Waals surface area contributed by atoms with Gasteiger partial charge in [0.15, 0.2) is 0 Å². The molecule has 0 saturated carbocycles. The van der Waals surface area contributed by atoms with E-state index in [4.69, 9.17) is 37.9 Å². The van der Waals surface area contributed by atoms with Crippen molar-refractivity contribution in [3.8, 4) is 0 Å². The van der Waals surface area contributed by atoms with Crippen molar-refractivity contribution in [1.82, 2.24) is 10.6 Å². The molecule has 2 aliphatic rings. The second-order valence-electron chi connectivity index (χ2n) is 18.5. The van der Waals surface area contributed by atoms with Gasteiger partial charge in [0.1, 0.15) is 36.6 Å². The van der Waals surface area contributed by atoms with Gasteiger partial charge in [0.25, 0.3) is 0 Å². The minimum Gasteiger partial charge on any atom is -0.374 e. The lowest BCUT2D eigenvalue weighted by Gasteiger charge is -2.47.